The molecule has 19 heavy (non-hydrogen) atoms. The Labute approximate surface area is 126 Å². The zero-order valence-corrected chi connectivity index (χ0v) is 13.2. The van der Waals surface area contributed by atoms with E-state index in [-0.39, 0.29) is 5.79 Å². The molecule has 0 amide bonds. The fourth-order valence-corrected chi connectivity index (χ4v) is 3.63. The summed E-state index contributed by atoms with van der Waals surface area (Å²) in [5.41, 5.74) is 0. The van der Waals surface area contributed by atoms with Gasteiger partial charge in [0.1, 0.15) is 12.1 Å². The van der Waals surface area contributed by atoms with Crippen LogP contribution < -0.4 is 4.90 Å². The number of anilines is 1. The Morgan fingerprint density at radius 3 is 2.63 bits per heavy atom. The topological polar surface area (TPSA) is 47.5 Å². The van der Waals surface area contributed by atoms with Gasteiger partial charge in [-0.1, -0.05) is 0 Å². The van der Waals surface area contributed by atoms with Gasteiger partial charge >= 0.3 is 0 Å². The Morgan fingerprint density at radius 2 is 2.00 bits per heavy atom. The van der Waals surface area contributed by atoms with Crippen LogP contribution in [0.1, 0.15) is 25.7 Å². The Bertz CT molecular complexity index is 441. The highest BCUT2D eigenvalue weighted by Crippen LogP contribution is 2.38. The van der Waals surface area contributed by atoms with E-state index >= 15 is 0 Å². The van der Waals surface area contributed by atoms with Gasteiger partial charge in [0.05, 0.1) is 16.8 Å². The number of hydrogen-bond acceptors (Lipinski definition) is 5. The molecule has 1 aliphatic heterocycles. The second kappa shape index (κ2) is 5.49. The summed E-state index contributed by atoms with van der Waals surface area (Å²) in [5.74, 6) is 0.737. The van der Waals surface area contributed by atoms with Crippen LogP contribution in [0.5, 0.6) is 0 Å². The molecular formula is C13H18IN3O2. The van der Waals surface area contributed by atoms with Crippen LogP contribution in [0.4, 0.5) is 5.82 Å². The third kappa shape index (κ3) is 2.71. The lowest BCUT2D eigenvalue weighted by Crippen LogP contribution is -2.43. The smallest absolute Gasteiger partial charge is 0.168 e. The van der Waals surface area contributed by atoms with Crippen molar-refractivity contribution in [3.05, 3.63) is 16.1 Å². The molecule has 1 aromatic heterocycles. The molecule has 2 fully saturated rings. The lowest BCUT2D eigenvalue weighted by atomic mass is 9.89. The van der Waals surface area contributed by atoms with Crippen LogP contribution >= 0.6 is 22.6 Å². The van der Waals surface area contributed by atoms with E-state index in [1.54, 1.807) is 6.33 Å². The maximum atomic E-state index is 5.77. The average Bonchev–Trinajstić information content (AvgIpc) is 2.88. The Balaban J connectivity index is 1.66. The van der Waals surface area contributed by atoms with Crippen molar-refractivity contribution < 1.29 is 9.47 Å². The molecule has 0 N–H and O–H groups in total. The summed E-state index contributed by atoms with van der Waals surface area (Å²) in [6.07, 6.45) is 7.58. The number of ether oxygens (including phenoxy) is 2. The molecular weight excluding hydrogens is 357 g/mol. The lowest BCUT2D eigenvalue weighted by molar-refractivity contribution is -0.178. The Kier molecular flexibility index (Phi) is 3.91. The minimum Gasteiger partial charge on any atom is -0.356 e. The van der Waals surface area contributed by atoms with Crippen molar-refractivity contribution in [3.8, 4) is 0 Å². The van der Waals surface area contributed by atoms with E-state index in [4.69, 9.17) is 9.47 Å². The van der Waals surface area contributed by atoms with E-state index in [2.05, 4.69) is 44.5 Å². The Hall–Kier alpha value is -0.470. The molecule has 1 saturated heterocycles. The van der Waals surface area contributed by atoms with Crippen molar-refractivity contribution in [2.45, 2.75) is 37.5 Å². The van der Waals surface area contributed by atoms with Gasteiger partial charge in [-0.2, -0.15) is 0 Å². The van der Waals surface area contributed by atoms with Crippen LogP contribution in [0.2, 0.25) is 0 Å². The molecule has 2 aliphatic rings. The first-order valence-electron chi connectivity index (χ1n) is 6.66. The minimum atomic E-state index is -0.282. The largest absolute Gasteiger partial charge is 0.356 e. The van der Waals surface area contributed by atoms with Gasteiger partial charge in [0.25, 0.3) is 0 Å². The first-order chi connectivity index (χ1) is 9.20. The van der Waals surface area contributed by atoms with Crippen LogP contribution in [-0.4, -0.2) is 42.1 Å². The predicted octanol–water partition coefficient (Wildman–Crippen LogP) is 2.20. The second-order valence-corrected chi connectivity index (χ2v) is 6.31. The van der Waals surface area contributed by atoms with E-state index in [0.717, 1.165) is 48.3 Å². The molecule has 1 spiro atoms. The normalized spacial score (nSPS) is 22.8. The van der Waals surface area contributed by atoms with Crippen molar-refractivity contribution in [3.63, 3.8) is 0 Å². The lowest BCUT2D eigenvalue weighted by Gasteiger charge is -2.39. The third-order valence-corrected chi connectivity index (χ3v) is 4.82. The van der Waals surface area contributed by atoms with Crippen LogP contribution in [0, 0.1) is 3.57 Å². The fraction of sp³-hybridized carbons (Fsp3) is 0.692. The van der Waals surface area contributed by atoms with Gasteiger partial charge in [-0.05, 0) is 35.4 Å². The molecule has 1 aromatic rings. The highest BCUT2D eigenvalue weighted by Gasteiger charge is 2.41. The molecule has 1 aliphatic carbocycles. The minimum absolute atomic E-state index is 0.282. The van der Waals surface area contributed by atoms with Gasteiger partial charge in [0, 0.05) is 32.1 Å². The fourth-order valence-electron chi connectivity index (χ4n) is 2.95. The van der Waals surface area contributed by atoms with Gasteiger partial charge in [-0.25, -0.2) is 9.97 Å². The quantitative estimate of drug-likeness (QED) is 0.742. The summed E-state index contributed by atoms with van der Waals surface area (Å²) >= 11 is 2.29. The summed E-state index contributed by atoms with van der Waals surface area (Å²) in [7, 11) is 2.11. The van der Waals surface area contributed by atoms with Gasteiger partial charge in [-0.3, -0.25) is 0 Å². The van der Waals surface area contributed by atoms with Crippen molar-refractivity contribution >= 4 is 28.4 Å². The van der Waals surface area contributed by atoms with E-state index in [1.807, 2.05) is 6.20 Å². The number of nitrogens with zero attached hydrogens (tertiary/aromatic N) is 3. The van der Waals surface area contributed by atoms with E-state index in [9.17, 15) is 0 Å². The predicted molar refractivity (Wildman–Crippen MR) is 80.0 cm³/mol. The molecule has 2 heterocycles. The molecule has 0 bridgehead atoms. The highest BCUT2D eigenvalue weighted by molar-refractivity contribution is 14.1. The highest BCUT2D eigenvalue weighted by atomic mass is 127. The monoisotopic (exact) mass is 375 g/mol. The van der Waals surface area contributed by atoms with Crippen LogP contribution in [0.15, 0.2) is 12.5 Å². The first kappa shape index (κ1) is 13.5. The number of rotatable bonds is 2. The van der Waals surface area contributed by atoms with Crippen LogP contribution in [0.25, 0.3) is 0 Å². The van der Waals surface area contributed by atoms with E-state index in [1.165, 1.54) is 0 Å². The van der Waals surface area contributed by atoms with Gasteiger partial charge < -0.3 is 14.4 Å². The van der Waals surface area contributed by atoms with Crippen molar-refractivity contribution in [1.82, 2.24) is 9.97 Å². The van der Waals surface area contributed by atoms with Crippen molar-refractivity contribution in [2.75, 3.05) is 25.2 Å². The van der Waals surface area contributed by atoms with Crippen LogP contribution in [0.3, 0.4) is 0 Å². The van der Waals surface area contributed by atoms with E-state index < -0.39 is 0 Å². The Morgan fingerprint density at radius 1 is 1.32 bits per heavy atom. The maximum Gasteiger partial charge on any atom is 0.168 e. The second-order valence-electron chi connectivity index (χ2n) is 5.14. The molecule has 5 nitrogen and oxygen atoms in total. The first-order valence-corrected chi connectivity index (χ1v) is 7.74. The summed E-state index contributed by atoms with van der Waals surface area (Å²) in [6, 6.07) is 0.502. The zero-order valence-electron chi connectivity index (χ0n) is 11.0. The molecule has 0 unspecified atom stereocenters. The standard InChI is InChI=1S/C13H18IN3O2/c1-17(12-11(14)8-15-9-16-12)10-2-4-13(5-3-10)18-6-7-19-13/h8-10H,2-7H2,1H3. The molecule has 0 atom stereocenters. The van der Waals surface area contributed by atoms with Crippen LogP contribution in [-0.2, 0) is 9.47 Å². The number of hydrogen-bond donors (Lipinski definition) is 0. The maximum absolute atomic E-state index is 5.77. The number of aromatic nitrogens is 2. The molecule has 6 heteroatoms. The molecule has 3 rings (SSSR count). The number of halogens is 1. The molecule has 0 radical (unpaired) electrons. The average molecular weight is 375 g/mol. The summed E-state index contributed by atoms with van der Waals surface area (Å²) in [4.78, 5) is 10.7. The summed E-state index contributed by atoms with van der Waals surface area (Å²) in [6.45, 7) is 1.48. The summed E-state index contributed by atoms with van der Waals surface area (Å²) < 4.78 is 12.6. The van der Waals surface area contributed by atoms with Gasteiger partial charge in [0.2, 0.25) is 0 Å². The van der Waals surface area contributed by atoms with E-state index in [0.29, 0.717) is 6.04 Å². The zero-order chi connectivity index (χ0) is 13.3. The SMILES string of the molecule is CN(c1ncncc1I)C1CCC2(CC1)OCCO2. The molecule has 104 valence electrons. The van der Waals surface area contributed by atoms with Gasteiger partial charge in [-0.15, -0.1) is 0 Å². The third-order valence-electron chi connectivity index (χ3n) is 4.06. The molecule has 1 saturated carbocycles. The van der Waals surface area contributed by atoms with Gasteiger partial charge in [0.15, 0.2) is 5.79 Å². The molecule has 0 aromatic carbocycles. The van der Waals surface area contributed by atoms with Crippen molar-refractivity contribution in [2.24, 2.45) is 0 Å². The van der Waals surface area contributed by atoms with Crippen molar-refractivity contribution in [1.29, 1.82) is 0 Å². The summed E-state index contributed by atoms with van der Waals surface area (Å²) in [5, 5.41) is 0.